The first-order chi connectivity index (χ1) is 51.0. The highest BCUT2D eigenvalue weighted by molar-refractivity contribution is 6.01. The number of piperidine rings is 2. The largest absolute Gasteiger partial charge is 0.480 e. The number of ether oxygens (including phenoxy) is 1. The summed E-state index contributed by atoms with van der Waals surface area (Å²) in [5.41, 5.74) is 11.7. The minimum absolute atomic E-state index is 0.00931. The predicted molar refractivity (Wildman–Crippen MR) is 390 cm³/mol. The molecule has 10 rings (SSSR count). The standard InChI is InChI=1S/C37H41F4N5O4.C35H38F4N4O3.C7H13NO4/c1-22-12-15-25(19-29(22)37(39,40)41)44-35(49)28-10-6-18-45(36(50)33-23(2)7-5-11-30(33)38)34(28)24-13-16-27(17-14-24)46(26-8-3-4-9-26)32(48)21-43-31(47)20-42;1-21-12-15-24(19-28(21)35(37,38)39)41-33(45)27-10-6-18-42(34(46)31-22(2)7-5-11-29(31)36)32(27)23-13-16-26(17-14-23)43(30(44)20-40)25-8-3-4-9-25;1-7(2,3)12-6(11)8-4-5(9)10/h5,7,11-17,19,26,28,34H,3-4,6,8-10,18,20-21,42H2,1-2H3,(H,43,47)(H,44,49);5,7,11-17,19,25,27,32H,3-4,6,8-10,18,20,40H2,1-2H3,(H,41,45);4H2,1-3H3,(H,8,11)(H,9,10)/t28-,34-;27-,32-;/m00./s1. The summed E-state index contributed by atoms with van der Waals surface area (Å²) in [6, 6.07) is 27.9. The Morgan fingerprint density at radius 1 is 0.500 bits per heavy atom. The monoisotopic (exact) mass is 1510 g/mol. The number of halogens is 8. The molecule has 4 aliphatic rings. The van der Waals surface area contributed by atoms with E-state index in [9.17, 15) is 69.5 Å². The van der Waals surface area contributed by atoms with Crippen LogP contribution in [-0.2, 0) is 45.9 Å². The summed E-state index contributed by atoms with van der Waals surface area (Å²) in [6.45, 7) is 10.4. The van der Waals surface area contributed by atoms with E-state index in [1.165, 1.54) is 72.2 Å². The van der Waals surface area contributed by atoms with Crippen molar-refractivity contribution in [1.82, 2.24) is 20.4 Å². The van der Waals surface area contributed by atoms with Crippen LogP contribution in [0.2, 0.25) is 0 Å². The third kappa shape index (κ3) is 21.3. The van der Waals surface area contributed by atoms with Crippen molar-refractivity contribution in [3.05, 3.63) is 189 Å². The SMILES string of the molecule is CC(C)(C)OC(=O)NCC(=O)O.Cc1ccc(NC(=O)[C@H]2CCCN(C(=O)c3c(C)cccc3F)[C@H]2c2ccc(N(C(=O)CN)C3CCCC3)cc2)cc1C(F)(F)F.Cc1ccc(NC(=O)[C@H]2CCCN(C(=O)c3c(C)cccc3F)[C@H]2c2ccc(N(C(=O)CNC(=O)CN)C3CCCC3)cc2)cc1C(F)(F)F. The van der Waals surface area contributed by atoms with Crippen LogP contribution in [-0.4, -0.2) is 125 Å². The van der Waals surface area contributed by atoms with Gasteiger partial charge in [-0.25, -0.2) is 13.6 Å². The number of nitrogens with two attached hydrogens (primary N) is 2. The second-order valence-corrected chi connectivity index (χ2v) is 28.3. The van der Waals surface area contributed by atoms with E-state index in [2.05, 4.69) is 21.3 Å². The molecule has 4 fully saturated rings. The number of hydrogen-bond acceptors (Lipinski definition) is 12. The van der Waals surface area contributed by atoms with Gasteiger partial charge in [0.05, 0.1) is 65.8 Å². The fraction of sp³-hybridized carbons (Fsp3) is 0.430. The van der Waals surface area contributed by atoms with Crippen LogP contribution in [0.15, 0.2) is 121 Å². The number of alkyl carbamates (subject to hydrolysis) is 1. The number of benzene rings is 6. The third-order valence-electron chi connectivity index (χ3n) is 19.5. The fourth-order valence-corrected chi connectivity index (χ4v) is 14.4. The summed E-state index contributed by atoms with van der Waals surface area (Å²) in [5.74, 6) is -7.57. The number of carboxylic acid groups (broad SMARTS) is 1. The van der Waals surface area contributed by atoms with Crippen molar-refractivity contribution in [2.24, 2.45) is 23.3 Å². The molecule has 0 bridgehead atoms. The minimum atomic E-state index is -4.62. The second-order valence-electron chi connectivity index (χ2n) is 28.3. The Hall–Kier alpha value is -10.3. The van der Waals surface area contributed by atoms with E-state index in [4.69, 9.17) is 21.3 Å². The normalized spacial score (nSPS) is 17.6. The Bertz CT molecular complexity index is 4190. The van der Waals surface area contributed by atoms with E-state index < -0.39 is 113 Å². The van der Waals surface area contributed by atoms with Crippen molar-refractivity contribution >= 4 is 76.2 Å². The molecule has 2 saturated carbocycles. The molecule has 0 unspecified atom stereocenters. The van der Waals surface area contributed by atoms with Crippen molar-refractivity contribution in [2.45, 2.75) is 168 Å². The van der Waals surface area contributed by atoms with E-state index in [1.807, 2.05) is 0 Å². The number of rotatable bonds is 18. The van der Waals surface area contributed by atoms with Gasteiger partial charge in [0.25, 0.3) is 11.8 Å². The third-order valence-corrected chi connectivity index (χ3v) is 19.5. The van der Waals surface area contributed by atoms with Gasteiger partial charge in [0.15, 0.2) is 0 Å². The molecule has 2 heterocycles. The smallest absolute Gasteiger partial charge is 0.416 e. The molecule has 0 aromatic heterocycles. The molecule has 6 aromatic carbocycles. The van der Waals surface area contributed by atoms with Gasteiger partial charge < -0.3 is 62.2 Å². The molecule has 2 aliphatic carbocycles. The fourth-order valence-electron chi connectivity index (χ4n) is 14.4. The average molecular weight is 1510 g/mol. The summed E-state index contributed by atoms with van der Waals surface area (Å²) in [7, 11) is 0. The van der Waals surface area contributed by atoms with E-state index >= 15 is 8.78 Å². The first-order valence-corrected chi connectivity index (χ1v) is 35.8. The zero-order chi connectivity index (χ0) is 79.1. The van der Waals surface area contributed by atoms with Crippen LogP contribution in [0.5, 0.6) is 0 Å². The molecule has 9 N–H and O–H groups in total. The quantitative estimate of drug-likeness (QED) is 0.0394. The van der Waals surface area contributed by atoms with Crippen molar-refractivity contribution in [3.63, 3.8) is 0 Å². The van der Waals surface area contributed by atoms with Gasteiger partial charge >= 0.3 is 24.4 Å². The molecule has 8 amide bonds. The molecule has 0 radical (unpaired) electrons. The van der Waals surface area contributed by atoms with Crippen molar-refractivity contribution in [3.8, 4) is 0 Å². The number of carbonyl (C=O) groups excluding carboxylic acids is 8. The van der Waals surface area contributed by atoms with Gasteiger partial charge in [0.1, 0.15) is 23.8 Å². The number of carboxylic acids is 1. The zero-order valence-electron chi connectivity index (χ0n) is 61.2. The van der Waals surface area contributed by atoms with E-state index in [-0.39, 0.29) is 90.3 Å². The summed E-state index contributed by atoms with van der Waals surface area (Å²) in [5, 5.41) is 18.1. The van der Waals surface area contributed by atoms with Crippen LogP contribution >= 0.6 is 0 Å². The summed E-state index contributed by atoms with van der Waals surface area (Å²) < 4.78 is 117. The topological polar surface area (TPSA) is 296 Å². The van der Waals surface area contributed by atoms with Crippen molar-refractivity contribution < 1.29 is 88.1 Å². The van der Waals surface area contributed by atoms with Gasteiger partial charge in [0, 0.05) is 47.9 Å². The van der Waals surface area contributed by atoms with Crippen LogP contribution < -0.4 is 42.5 Å². The average Bonchev–Trinajstić information content (AvgIpc) is 0.837. The summed E-state index contributed by atoms with van der Waals surface area (Å²) in [6.07, 6.45) is -1.28. The van der Waals surface area contributed by atoms with Gasteiger partial charge in [-0.15, -0.1) is 0 Å². The first kappa shape index (κ1) is 83.3. The van der Waals surface area contributed by atoms with Crippen LogP contribution in [0.4, 0.5) is 62.7 Å². The molecule has 580 valence electrons. The Labute approximate surface area is 621 Å². The molecular weight excluding hydrogens is 1420 g/mol. The Morgan fingerprint density at radius 2 is 0.898 bits per heavy atom. The van der Waals surface area contributed by atoms with E-state index in [0.29, 0.717) is 59.3 Å². The highest BCUT2D eigenvalue weighted by Crippen LogP contribution is 2.44. The number of aliphatic carboxylic acids is 1. The molecule has 4 atom stereocenters. The van der Waals surface area contributed by atoms with Gasteiger partial charge in [-0.2, -0.15) is 26.3 Å². The number of nitrogens with one attached hydrogen (secondary N) is 4. The number of anilines is 4. The Balaban J connectivity index is 0.000000237. The maximum absolute atomic E-state index is 15.1. The highest BCUT2D eigenvalue weighted by atomic mass is 19.4. The molecule has 21 nitrogen and oxygen atoms in total. The molecule has 6 aromatic rings. The van der Waals surface area contributed by atoms with E-state index in [0.717, 1.165) is 63.5 Å². The lowest BCUT2D eigenvalue weighted by Gasteiger charge is -2.41. The minimum Gasteiger partial charge on any atom is -0.480 e. The number of alkyl halides is 6. The second kappa shape index (κ2) is 36.5. The lowest BCUT2D eigenvalue weighted by molar-refractivity contribution is -0.138. The van der Waals surface area contributed by atoms with Gasteiger partial charge in [-0.1, -0.05) is 86.3 Å². The lowest BCUT2D eigenvalue weighted by Crippen LogP contribution is -2.47. The predicted octanol–water partition coefficient (Wildman–Crippen LogP) is 13.6. The van der Waals surface area contributed by atoms with Crippen LogP contribution in [0.3, 0.4) is 0 Å². The number of carbonyl (C=O) groups is 9. The van der Waals surface area contributed by atoms with Crippen LogP contribution in [0, 0.1) is 51.2 Å². The number of amides is 8. The Morgan fingerprint density at radius 3 is 1.25 bits per heavy atom. The maximum atomic E-state index is 15.1. The van der Waals surface area contributed by atoms with Crippen molar-refractivity contribution in [1.29, 1.82) is 0 Å². The highest BCUT2D eigenvalue weighted by Gasteiger charge is 2.44. The summed E-state index contributed by atoms with van der Waals surface area (Å²) >= 11 is 0. The number of hydrogen-bond donors (Lipinski definition) is 7. The number of likely N-dealkylation sites (tertiary alicyclic amines) is 2. The maximum Gasteiger partial charge on any atom is 0.416 e. The molecule has 29 heteroatoms. The molecular formula is C79H92F8N10O11. The molecule has 2 saturated heterocycles. The van der Waals surface area contributed by atoms with Crippen LogP contribution in [0.1, 0.15) is 175 Å². The van der Waals surface area contributed by atoms with Crippen molar-refractivity contribution in [2.75, 3.05) is 59.7 Å². The van der Waals surface area contributed by atoms with Gasteiger partial charge in [0.2, 0.25) is 29.5 Å². The van der Waals surface area contributed by atoms with Gasteiger partial charge in [-0.05, 0) is 194 Å². The van der Waals surface area contributed by atoms with Crippen LogP contribution in [0.25, 0.3) is 0 Å². The lowest BCUT2D eigenvalue weighted by atomic mass is 9.83. The number of aryl methyl sites for hydroxylation is 4. The number of nitrogens with zero attached hydrogens (tertiary/aromatic N) is 4. The first-order valence-electron chi connectivity index (χ1n) is 35.8. The van der Waals surface area contributed by atoms with Gasteiger partial charge in [-0.3, -0.25) is 38.4 Å². The molecule has 108 heavy (non-hydrogen) atoms. The molecule has 0 spiro atoms. The van der Waals surface area contributed by atoms with E-state index in [1.54, 1.807) is 105 Å². The Kier molecular flexibility index (Phi) is 28.2. The molecule has 2 aliphatic heterocycles. The summed E-state index contributed by atoms with van der Waals surface area (Å²) in [4.78, 5) is 121. The zero-order valence-corrected chi connectivity index (χ0v) is 61.2.